The number of hydrogen-bond acceptors (Lipinski definition) is 3. The van der Waals surface area contributed by atoms with Gasteiger partial charge in [0.25, 0.3) is 0 Å². The van der Waals surface area contributed by atoms with Gasteiger partial charge in [-0.2, -0.15) is 5.26 Å². The minimum Gasteiger partial charge on any atom is -0.359 e. The van der Waals surface area contributed by atoms with Crippen molar-refractivity contribution in [2.24, 2.45) is 0 Å². The zero-order chi connectivity index (χ0) is 11.7. The number of hydrogen-bond donors (Lipinski definition) is 1. The Hall–Kier alpha value is -1.83. The molecule has 17 heavy (non-hydrogen) atoms. The Morgan fingerprint density at radius 2 is 1.76 bits per heavy atom. The minimum atomic E-state index is 0.731. The molecule has 0 spiro atoms. The number of aromatic nitrogens is 1. The van der Waals surface area contributed by atoms with Gasteiger partial charge in [0, 0.05) is 16.6 Å². The van der Waals surface area contributed by atoms with Crippen LogP contribution in [0.15, 0.2) is 41.2 Å². The van der Waals surface area contributed by atoms with Crippen molar-refractivity contribution in [2.45, 2.75) is 0 Å². The quantitative estimate of drug-likeness (QED) is 0.727. The van der Waals surface area contributed by atoms with E-state index in [2.05, 4.69) is 11.1 Å². The number of nitriles is 1. The van der Waals surface area contributed by atoms with Gasteiger partial charge in [0.15, 0.2) is 0 Å². The first-order chi connectivity index (χ1) is 8.40. The maximum Gasteiger partial charge on any atom is 0.102 e. The van der Waals surface area contributed by atoms with Gasteiger partial charge in [-0.3, -0.25) is 0 Å². The smallest absolute Gasteiger partial charge is 0.102 e. The summed E-state index contributed by atoms with van der Waals surface area (Å²) in [6.45, 7) is 0. The van der Waals surface area contributed by atoms with Crippen LogP contribution in [0.25, 0.3) is 21.0 Å². The van der Waals surface area contributed by atoms with Crippen LogP contribution in [0.4, 0.5) is 0 Å². The summed E-state index contributed by atoms with van der Waals surface area (Å²) in [5, 5.41) is 13.4. The summed E-state index contributed by atoms with van der Waals surface area (Å²) in [5.41, 5.74) is 2.65. The monoisotopic (exact) mass is 256 g/mol. The molecule has 0 bridgehead atoms. The molecule has 2 nitrogen and oxygen atoms in total. The third-order valence-corrected chi connectivity index (χ3v) is 4.34. The van der Waals surface area contributed by atoms with Crippen molar-refractivity contribution in [3.8, 4) is 27.1 Å². The zero-order valence-corrected chi connectivity index (χ0v) is 10.4. The van der Waals surface area contributed by atoms with Gasteiger partial charge >= 0.3 is 0 Å². The number of aromatic amines is 1. The lowest BCUT2D eigenvalue weighted by molar-refractivity contribution is 1.41. The van der Waals surface area contributed by atoms with Crippen LogP contribution in [0.5, 0.6) is 0 Å². The highest BCUT2D eigenvalue weighted by atomic mass is 32.1. The second-order valence-corrected chi connectivity index (χ2v) is 5.41. The maximum absolute atomic E-state index is 9.33. The van der Waals surface area contributed by atoms with Gasteiger partial charge in [0.1, 0.15) is 6.07 Å². The molecule has 1 N–H and O–H groups in total. The van der Waals surface area contributed by atoms with Crippen LogP contribution in [-0.4, -0.2) is 4.98 Å². The van der Waals surface area contributed by atoms with Crippen LogP contribution in [-0.2, 0) is 0 Å². The normalized spacial score (nSPS) is 10.3. The molecule has 4 heteroatoms. The first-order valence-corrected chi connectivity index (χ1v) is 6.85. The first-order valence-electron chi connectivity index (χ1n) is 5.09. The number of H-pyrrole nitrogens is 1. The van der Waals surface area contributed by atoms with Gasteiger partial charge < -0.3 is 4.98 Å². The van der Waals surface area contributed by atoms with Crippen LogP contribution >= 0.6 is 22.7 Å². The Morgan fingerprint density at radius 3 is 2.35 bits per heavy atom. The van der Waals surface area contributed by atoms with E-state index in [0.717, 1.165) is 26.6 Å². The molecule has 0 aliphatic rings. The summed E-state index contributed by atoms with van der Waals surface area (Å²) in [6.07, 6.45) is 1.92. The van der Waals surface area contributed by atoms with Gasteiger partial charge in [0.2, 0.25) is 0 Å². The number of thiophene rings is 2. The summed E-state index contributed by atoms with van der Waals surface area (Å²) in [4.78, 5) is 5.44. The van der Waals surface area contributed by atoms with Crippen molar-refractivity contribution >= 4 is 22.7 Å². The molecule has 82 valence electrons. The molecule has 0 aliphatic heterocycles. The van der Waals surface area contributed by atoms with Crippen molar-refractivity contribution in [3.05, 3.63) is 46.8 Å². The second kappa shape index (κ2) is 4.21. The molecule has 0 unspecified atom stereocenters. The highest BCUT2D eigenvalue weighted by molar-refractivity contribution is 7.14. The Bertz CT molecular complexity index is 603. The Morgan fingerprint density at radius 1 is 1.06 bits per heavy atom. The van der Waals surface area contributed by atoms with E-state index in [4.69, 9.17) is 0 Å². The third kappa shape index (κ3) is 1.70. The number of rotatable bonds is 2. The molecule has 3 heterocycles. The summed E-state index contributed by atoms with van der Waals surface area (Å²) in [7, 11) is 0. The topological polar surface area (TPSA) is 39.6 Å². The molecule has 0 aliphatic carbocycles. The lowest BCUT2D eigenvalue weighted by atomic mass is 10.1. The fourth-order valence-corrected chi connectivity index (χ4v) is 3.27. The van der Waals surface area contributed by atoms with Gasteiger partial charge in [-0.15, -0.1) is 22.7 Å². The minimum absolute atomic E-state index is 0.731. The molecule has 0 fully saturated rings. The lowest BCUT2D eigenvalue weighted by Gasteiger charge is -1.95. The molecule has 0 atom stereocenters. The molecule has 3 aromatic rings. The number of nitrogens with zero attached hydrogens (tertiary/aromatic N) is 1. The molecular formula is C13H8N2S2. The first kappa shape index (κ1) is 10.3. The highest BCUT2D eigenvalue weighted by Crippen LogP contribution is 2.35. The Balaban J connectivity index is 2.18. The Kier molecular flexibility index (Phi) is 2.56. The molecule has 0 saturated heterocycles. The van der Waals surface area contributed by atoms with E-state index in [9.17, 15) is 5.26 Å². The third-order valence-electron chi connectivity index (χ3n) is 2.55. The summed E-state index contributed by atoms with van der Waals surface area (Å²) >= 11 is 3.29. The standard InChI is InChI=1S/C13H8N2S2/c14-7-9-10(11-3-1-5-16-11)8-15-13(9)12-4-2-6-17-12/h1-6,8,15H. The molecule has 0 amide bonds. The average molecular weight is 256 g/mol. The van der Waals surface area contributed by atoms with E-state index in [-0.39, 0.29) is 0 Å². The van der Waals surface area contributed by atoms with E-state index in [1.165, 1.54) is 0 Å². The molecule has 0 saturated carbocycles. The van der Waals surface area contributed by atoms with Crippen LogP contribution in [0.2, 0.25) is 0 Å². The van der Waals surface area contributed by atoms with Crippen LogP contribution in [0, 0.1) is 11.3 Å². The van der Waals surface area contributed by atoms with Gasteiger partial charge in [-0.1, -0.05) is 12.1 Å². The predicted molar refractivity (Wildman–Crippen MR) is 72.1 cm³/mol. The summed E-state index contributed by atoms with van der Waals surface area (Å²) < 4.78 is 0. The fraction of sp³-hybridized carbons (Fsp3) is 0. The van der Waals surface area contributed by atoms with Gasteiger partial charge in [-0.25, -0.2) is 0 Å². The average Bonchev–Trinajstić information content (AvgIpc) is 3.09. The Labute approximate surface area is 107 Å². The van der Waals surface area contributed by atoms with Crippen molar-refractivity contribution in [1.82, 2.24) is 4.98 Å². The van der Waals surface area contributed by atoms with Gasteiger partial charge in [0.05, 0.1) is 16.1 Å². The van der Waals surface area contributed by atoms with E-state index in [1.54, 1.807) is 22.7 Å². The molecule has 0 aromatic carbocycles. The number of nitrogens with one attached hydrogen (secondary N) is 1. The van der Waals surface area contributed by atoms with Crippen molar-refractivity contribution in [3.63, 3.8) is 0 Å². The van der Waals surface area contributed by atoms with E-state index < -0.39 is 0 Å². The van der Waals surface area contributed by atoms with Crippen molar-refractivity contribution in [2.75, 3.05) is 0 Å². The fourth-order valence-electron chi connectivity index (χ4n) is 1.78. The van der Waals surface area contributed by atoms with E-state index >= 15 is 0 Å². The summed E-state index contributed by atoms with van der Waals surface area (Å²) in [5.74, 6) is 0. The summed E-state index contributed by atoms with van der Waals surface area (Å²) in [6, 6.07) is 10.4. The largest absolute Gasteiger partial charge is 0.359 e. The SMILES string of the molecule is N#Cc1c(-c2cccs2)c[nH]c1-c1cccs1. The maximum atomic E-state index is 9.33. The van der Waals surface area contributed by atoms with Crippen LogP contribution < -0.4 is 0 Å². The second-order valence-electron chi connectivity index (χ2n) is 3.52. The van der Waals surface area contributed by atoms with E-state index in [1.807, 2.05) is 41.2 Å². The van der Waals surface area contributed by atoms with Crippen molar-refractivity contribution in [1.29, 1.82) is 5.26 Å². The molecular weight excluding hydrogens is 248 g/mol. The zero-order valence-electron chi connectivity index (χ0n) is 8.81. The van der Waals surface area contributed by atoms with Crippen LogP contribution in [0.1, 0.15) is 5.56 Å². The van der Waals surface area contributed by atoms with E-state index in [0.29, 0.717) is 0 Å². The van der Waals surface area contributed by atoms with Crippen LogP contribution in [0.3, 0.4) is 0 Å². The van der Waals surface area contributed by atoms with Gasteiger partial charge in [-0.05, 0) is 22.9 Å². The molecule has 3 rings (SSSR count). The highest BCUT2D eigenvalue weighted by Gasteiger charge is 2.14. The molecule has 3 aromatic heterocycles. The lowest BCUT2D eigenvalue weighted by Crippen LogP contribution is -1.78. The molecule has 0 radical (unpaired) electrons. The predicted octanol–water partition coefficient (Wildman–Crippen LogP) is 4.34. The van der Waals surface area contributed by atoms with Crippen molar-refractivity contribution < 1.29 is 0 Å².